The van der Waals surface area contributed by atoms with Crippen LogP contribution < -0.4 is 16.1 Å². The summed E-state index contributed by atoms with van der Waals surface area (Å²) < 4.78 is 5.22. The Hall–Kier alpha value is -4.41. The first-order valence-electron chi connectivity index (χ1n) is 13.1. The van der Waals surface area contributed by atoms with Crippen LogP contribution in [0.3, 0.4) is 0 Å². The molecule has 0 bridgehead atoms. The van der Waals surface area contributed by atoms with Gasteiger partial charge in [0.25, 0.3) is 5.91 Å². The summed E-state index contributed by atoms with van der Waals surface area (Å²) >= 11 is 0. The van der Waals surface area contributed by atoms with Crippen LogP contribution in [-0.4, -0.2) is 65.0 Å². The number of nitrogens with one attached hydrogen (secondary N) is 3. The van der Waals surface area contributed by atoms with Gasteiger partial charge in [-0.2, -0.15) is 5.48 Å². The zero-order valence-corrected chi connectivity index (χ0v) is 23.1. The molecule has 2 aromatic rings. The van der Waals surface area contributed by atoms with E-state index in [1.165, 1.54) is 11.8 Å². The van der Waals surface area contributed by atoms with Crippen LogP contribution in [0, 0.1) is 0 Å². The molecule has 0 spiro atoms. The van der Waals surface area contributed by atoms with Crippen LogP contribution >= 0.6 is 0 Å². The summed E-state index contributed by atoms with van der Waals surface area (Å²) in [6.07, 6.45) is 0.351. The number of benzene rings is 2. The quantitative estimate of drug-likeness (QED) is 0.427. The molecular formula is C29H36N4O7. The Labute approximate surface area is 233 Å². The summed E-state index contributed by atoms with van der Waals surface area (Å²) in [5, 5.41) is 5.23. The molecular weight excluding hydrogens is 516 g/mol. The van der Waals surface area contributed by atoms with Crippen LogP contribution in [0.1, 0.15) is 56.5 Å². The maximum atomic E-state index is 13.4. The third-order valence-corrected chi connectivity index (χ3v) is 6.11. The summed E-state index contributed by atoms with van der Waals surface area (Å²) in [6.45, 7) is 6.98. The third-order valence-electron chi connectivity index (χ3n) is 6.11. The van der Waals surface area contributed by atoms with E-state index in [1.54, 1.807) is 75.4 Å². The van der Waals surface area contributed by atoms with E-state index in [0.29, 0.717) is 19.4 Å². The topological polar surface area (TPSA) is 143 Å². The molecule has 214 valence electrons. The molecule has 11 nitrogen and oxygen atoms in total. The molecule has 3 unspecified atom stereocenters. The van der Waals surface area contributed by atoms with Gasteiger partial charge in [0.1, 0.15) is 23.7 Å². The Morgan fingerprint density at radius 2 is 1.57 bits per heavy atom. The predicted molar refractivity (Wildman–Crippen MR) is 146 cm³/mol. The zero-order chi connectivity index (χ0) is 29.3. The lowest BCUT2D eigenvalue weighted by atomic mass is 10.0. The highest BCUT2D eigenvalue weighted by Gasteiger charge is 2.38. The maximum absolute atomic E-state index is 13.4. The molecule has 0 radical (unpaired) electrons. The van der Waals surface area contributed by atoms with Gasteiger partial charge in [0.05, 0.1) is 5.56 Å². The molecule has 1 saturated heterocycles. The Balaban J connectivity index is 1.67. The van der Waals surface area contributed by atoms with Crippen LogP contribution in [0.25, 0.3) is 0 Å². The van der Waals surface area contributed by atoms with Crippen LogP contribution in [0.15, 0.2) is 60.7 Å². The van der Waals surface area contributed by atoms with E-state index in [4.69, 9.17) is 9.57 Å². The molecule has 40 heavy (non-hydrogen) atoms. The van der Waals surface area contributed by atoms with E-state index in [1.807, 2.05) is 6.07 Å². The van der Waals surface area contributed by atoms with Crippen molar-refractivity contribution in [3.8, 4) is 0 Å². The normalized spacial score (nSPS) is 16.3. The highest BCUT2D eigenvalue weighted by Crippen LogP contribution is 2.19. The third kappa shape index (κ3) is 8.82. The summed E-state index contributed by atoms with van der Waals surface area (Å²) in [7, 11) is 0. The minimum atomic E-state index is -1.09. The van der Waals surface area contributed by atoms with Crippen molar-refractivity contribution in [3.63, 3.8) is 0 Å². The Bertz CT molecular complexity index is 1200. The molecule has 1 aliphatic rings. The van der Waals surface area contributed by atoms with Crippen molar-refractivity contribution >= 4 is 29.8 Å². The number of hydrogen-bond acceptors (Lipinski definition) is 7. The number of likely N-dealkylation sites (tertiary alicyclic amines) is 1. The van der Waals surface area contributed by atoms with Crippen LogP contribution in [-0.2, 0) is 30.4 Å². The van der Waals surface area contributed by atoms with Gasteiger partial charge >= 0.3 is 12.1 Å². The standard InChI is InChI=1S/C29H36N4O7/c1-19(30-28(38)39-29(2,3)4)26(36)33-17-11-16-23(33)25(35)31-22(18-20-12-7-5-8-13-20)24(34)32-40-27(37)21-14-9-6-10-15-21/h5-10,12-15,19,22-23H,11,16-18H2,1-4H3,(H,30,38)(H,31,35)(H,32,34). The zero-order valence-electron chi connectivity index (χ0n) is 23.1. The molecule has 0 saturated carbocycles. The fourth-order valence-corrected chi connectivity index (χ4v) is 4.23. The van der Waals surface area contributed by atoms with Gasteiger partial charge in [0, 0.05) is 13.0 Å². The van der Waals surface area contributed by atoms with Crippen molar-refractivity contribution in [2.75, 3.05) is 6.54 Å². The van der Waals surface area contributed by atoms with Crippen LogP contribution in [0.5, 0.6) is 0 Å². The average molecular weight is 553 g/mol. The van der Waals surface area contributed by atoms with Gasteiger partial charge in [-0.1, -0.05) is 48.5 Å². The van der Waals surface area contributed by atoms with E-state index in [0.717, 1.165) is 5.56 Å². The number of rotatable bonds is 8. The first kappa shape index (κ1) is 30.1. The van der Waals surface area contributed by atoms with E-state index in [2.05, 4.69) is 16.1 Å². The summed E-state index contributed by atoms with van der Waals surface area (Å²) in [5.74, 6) is -2.44. The van der Waals surface area contributed by atoms with E-state index < -0.39 is 53.5 Å². The molecule has 2 aromatic carbocycles. The maximum Gasteiger partial charge on any atom is 0.408 e. The smallest absolute Gasteiger partial charge is 0.408 e. The first-order chi connectivity index (χ1) is 18.9. The molecule has 1 fully saturated rings. The van der Waals surface area contributed by atoms with Crippen LogP contribution in [0.2, 0.25) is 0 Å². The first-order valence-corrected chi connectivity index (χ1v) is 13.1. The summed E-state index contributed by atoms with van der Waals surface area (Å²) in [4.78, 5) is 70.3. The van der Waals surface area contributed by atoms with Crippen LogP contribution in [0.4, 0.5) is 4.79 Å². The molecule has 1 heterocycles. The number of ether oxygens (including phenoxy) is 1. The Morgan fingerprint density at radius 3 is 2.20 bits per heavy atom. The molecule has 4 amide bonds. The van der Waals surface area contributed by atoms with E-state index in [9.17, 15) is 24.0 Å². The van der Waals surface area contributed by atoms with Crippen molar-refractivity contribution in [1.29, 1.82) is 0 Å². The number of alkyl carbamates (subject to hydrolysis) is 1. The number of hydrogen-bond donors (Lipinski definition) is 3. The van der Waals surface area contributed by atoms with Gasteiger partial charge in [-0.15, -0.1) is 0 Å². The number of hydroxylamine groups is 1. The lowest BCUT2D eigenvalue weighted by Crippen LogP contribution is -2.56. The predicted octanol–water partition coefficient (Wildman–Crippen LogP) is 2.51. The van der Waals surface area contributed by atoms with Gasteiger partial charge in [-0.3, -0.25) is 14.4 Å². The molecule has 0 aliphatic carbocycles. The van der Waals surface area contributed by atoms with Gasteiger partial charge in [0.2, 0.25) is 11.8 Å². The molecule has 3 atom stereocenters. The molecule has 11 heteroatoms. The molecule has 1 aliphatic heterocycles. The summed E-state index contributed by atoms with van der Waals surface area (Å²) in [5.41, 5.74) is 2.44. The number of carbonyl (C=O) groups is 5. The second kappa shape index (κ2) is 13.6. The largest absolute Gasteiger partial charge is 0.444 e. The van der Waals surface area contributed by atoms with Crippen molar-refractivity contribution in [2.24, 2.45) is 0 Å². The molecule has 3 N–H and O–H groups in total. The van der Waals surface area contributed by atoms with Crippen molar-refractivity contribution < 1.29 is 33.5 Å². The summed E-state index contributed by atoms with van der Waals surface area (Å²) in [6, 6.07) is 14.3. The molecule has 0 aromatic heterocycles. The van der Waals surface area contributed by atoms with Gasteiger partial charge in [-0.25, -0.2) is 9.59 Å². The Kier molecular flexibility index (Phi) is 10.2. The second-order valence-corrected chi connectivity index (χ2v) is 10.5. The van der Waals surface area contributed by atoms with Gasteiger partial charge in [0.15, 0.2) is 0 Å². The van der Waals surface area contributed by atoms with E-state index >= 15 is 0 Å². The van der Waals surface area contributed by atoms with Gasteiger partial charge in [-0.05, 0) is 58.2 Å². The number of carbonyl (C=O) groups excluding carboxylic acids is 5. The van der Waals surface area contributed by atoms with E-state index in [-0.39, 0.29) is 12.0 Å². The van der Waals surface area contributed by atoms with Gasteiger partial charge < -0.3 is 25.1 Å². The second-order valence-electron chi connectivity index (χ2n) is 10.5. The minimum Gasteiger partial charge on any atom is -0.444 e. The lowest BCUT2D eigenvalue weighted by Gasteiger charge is -2.29. The number of nitrogens with zero attached hydrogens (tertiary/aromatic N) is 1. The molecule has 3 rings (SSSR count). The Morgan fingerprint density at radius 1 is 0.950 bits per heavy atom. The number of amides is 4. The van der Waals surface area contributed by atoms with Crippen molar-refractivity contribution in [3.05, 3.63) is 71.8 Å². The average Bonchev–Trinajstić information content (AvgIpc) is 3.41. The van der Waals surface area contributed by atoms with Crippen molar-refractivity contribution in [1.82, 2.24) is 21.0 Å². The highest BCUT2D eigenvalue weighted by molar-refractivity contribution is 5.95. The monoisotopic (exact) mass is 552 g/mol. The fraction of sp³-hybridized carbons (Fsp3) is 0.414. The fourth-order valence-electron chi connectivity index (χ4n) is 4.23. The SMILES string of the molecule is CC(NC(=O)OC(C)(C)C)C(=O)N1CCCC1C(=O)NC(Cc1ccccc1)C(=O)NOC(=O)c1ccccc1. The highest BCUT2D eigenvalue weighted by atomic mass is 16.7. The lowest BCUT2D eigenvalue weighted by molar-refractivity contribution is -0.141. The van der Waals surface area contributed by atoms with Crippen molar-refractivity contribution in [2.45, 2.75) is 70.7 Å². The minimum absolute atomic E-state index is 0.124.